The maximum Gasteiger partial charge on any atom is 0.416 e. The first-order valence-electron chi connectivity index (χ1n) is 8.46. The van der Waals surface area contributed by atoms with Crippen LogP contribution in [0.15, 0.2) is 65.5 Å². The van der Waals surface area contributed by atoms with Crippen molar-refractivity contribution < 1.29 is 22.7 Å². The molecule has 150 valence electrons. The number of carbonyl (C=O) groups is 1. The van der Waals surface area contributed by atoms with Gasteiger partial charge in [0.2, 0.25) is 5.91 Å². The van der Waals surface area contributed by atoms with E-state index in [1.807, 2.05) is 0 Å². The summed E-state index contributed by atoms with van der Waals surface area (Å²) in [7, 11) is 1.53. The van der Waals surface area contributed by atoms with Crippen molar-refractivity contribution in [2.45, 2.75) is 12.7 Å². The predicted molar refractivity (Wildman–Crippen MR) is 101 cm³/mol. The van der Waals surface area contributed by atoms with Gasteiger partial charge in [0.15, 0.2) is 0 Å². The van der Waals surface area contributed by atoms with Crippen LogP contribution < -0.4 is 15.6 Å². The Hall–Kier alpha value is -3.62. The molecular formula is C20H16F3N3O3. The number of hydrogen-bond acceptors (Lipinski definition) is 4. The van der Waals surface area contributed by atoms with Gasteiger partial charge in [0.1, 0.15) is 12.3 Å². The summed E-state index contributed by atoms with van der Waals surface area (Å²) >= 11 is 0. The lowest BCUT2D eigenvalue weighted by atomic mass is 10.1. The van der Waals surface area contributed by atoms with E-state index in [0.29, 0.717) is 17.0 Å². The Morgan fingerprint density at radius 2 is 1.83 bits per heavy atom. The van der Waals surface area contributed by atoms with Gasteiger partial charge in [0.05, 0.1) is 18.4 Å². The average Bonchev–Trinajstić information content (AvgIpc) is 2.69. The Morgan fingerprint density at radius 3 is 2.48 bits per heavy atom. The summed E-state index contributed by atoms with van der Waals surface area (Å²) in [5, 5.41) is 6.63. The number of benzene rings is 2. The molecule has 0 unspecified atom stereocenters. The number of nitrogens with one attached hydrogen (secondary N) is 1. The molecule has 0 saturated carbocycles. The van der Waals surface area contributed by atoms with E-state index in [0.717, 1.165) is 28.9 Å². The van der Waals surface area contributed by atoms with Crippen LogP contribution in [-0.4, -0.2) is 22.8 Å². The molecule has 0 aliphatic heterocycles. The van der Waals surface area contributed by atoms with E-state index in [2.05, 4.69) is 10.4 Å². The number of halogens is 3. The zero-order valence-electron chi connectivity index (χ0n) is 15.2. The first-order chi connectivity index (χ1) is 13.8. The Balaban J connectivity index is 1.75. The summed E-state index contributed by atoms with van der Waals surface area (Å²) in [6.45, 7) is -0.391. The van der Waals surface area contributed by atoms with Crippen LogP contribution in [0.25, 0.3) is 11.3 Å². The lowest BCUT2D eigenvalue weighted by Crippen LogP contribution is -2.29. The number of aromatic nitrogens is 2. The number of methoxy groups -OCH3 is 1. The monoisotopic (exact) mass is 403 g/mol. The second kappa shape index (κ2) is 8.17. The molecule has 1 amide bonds. The highest BCUT2D eigenvalue weighted by atomic mass is 19.4. The van der Waals surface area contributed by atoms with Gasteiger partial charge in [-0.15, -0.1) is 0 Å². The Bertz CT molecular complexity index is 1080. The van der Waals surface area contributed by atoms with Crippen molar-refractivity contribution in [1.82, 2.24) is 9.78 Å². The minimum Gasteiger partial charge on any atom is -0.497 e. The van der Waals surface area contributed by atoms with Crippen molar-refractivity contribution in [2.24, 2.45) is 0 Å². The first-order valence-corrected chi connectivity index (χ1v) is 8.46. The fourth-order valence-electron chi connectivity index (χ4n) is 2.58. The maximum absolute atomic E-state index is 12.6. The van der Waals surface area contributed by atoms with Gasteiger partial charge in [-0.2, -0.15) is 18.3 Å². The Morgan fingerprint density at radius 1 is 1.10 bits per heavy atom. The highest BCUT2D eigenvalue weighted by Crippen LogP contribution is 2.29. The quantitative estimate of drug-likeness (QED) is 0.707. The molecule has 2 aromatic carbocycles. The van der Waals surface area contributed by atoms with Crippen LogP contribution >= 0.6 is 0 Å². The molecule has 0 spiro atoms. The molecule has 0 aliphatic carbocycles. The number of ether oxygens (including phenoxy) is 1. The Labute approximate surface area is 163 Å². The van der Waals surface area contributed by atoms with Crippen molar-refractivity contribution in [1.29, 1.82) is 0 Å². The van der Waals surface area contributed by atoms with E-state index in [1.54, 1.807) is 24.3 Å². The van der Waals surface area contributed by atoms with E-state index in [-0.39, 0.29) is 5.69 Å². The van der Waals surface area contributed by atoms with Crippen LogP contribution in [0.4, 0.5) is 18.9 Å². The summed E-state index contributed by atoms with van der Waals surface area (Å²) in [4.78, 5) is 24.3. The first kappa shape index (κ1) is 20.1. The number of hydrogen-bond donors (Lipinski definition) is 1. The number of amides is 1. The maximum atomic E-state index is 12.6. The third-order valence-corrected chi connectivity index (χ3v) is 4.02. The molecule has 29 heavy (non-hydrogen) atoms. The van der Waals surface area contributed by atoms with E-state index in [9.17, 15) is 22.8 Å². The van der Waals surface area contributed by atoms with Gasteiger partial charge in [-0.1, -0.05) is 12.1 Å². The average molecular weight is 403 g/mol. The number of anilines is 1. The number of carbonyl (C=O) groups excluding carboxylic acids is 1. The van der Waals surface area contributed by atoms with Crippen molar-refractivity contribution in [3.8, 4) is 17.0 Å². The number of rotatable bonds is 5. The standard InChI is InChI=1S/C20H16F3N3O3/c1-29-16-4-2-3-13(11-16)17-9-10-19(28)26(25-17)12-18(27)24-15-7-5-14(6-8-15)20(21,22)23/h2-11H,12H2,1H3,(H,24,27). The van der Waals surface area contributed by atoms with Gasteiger partial charge in [0.25, 0.3) is 5.56 Å². The fourth-order valence-corrected chi connectivity index (χ4v) is 2.58. The van der Waals surface area contributed by atoms with E-state index < -0.39 is 29.8 Å². The van der Waals surface area contributed by atoms with Crippen molar-refractivity contribution in [3.63, 3.8) is 0 Å². The zero-order valence-corrected chi connectivity index (χ0v) is 15.2. The summed E-state index contributed by atoms with van der Waals surface area (Å²) in [6, 6.07) is 13.9. The van der Waals surface area contributed by atoms with E-state index in [1.165, 1.54) is 19.2 Å². The van der Waals surface area contributed by atoms with Gasteiger partial charge in [-0.05, 0) is 42.5 Å². The minimum atomic E-state index is -4.46. The molecule has 3 aromatic rings. The molecule has 1 aromatic heterocycles. The van der Waals surface area contributed by atoms with Gasteiger partial charge >= 0.3 is 6.18 Å². The highest BCUT2D eigenvalue weighted by molar-refractivity contribution is 5.90. The van der Waals surface area contributed by atoms with Crippen LogP contribution in [0.2, 0.25) is 0 Å². The number of alkyl halides is 3. The fraction of sp³-hybridized carbons (Fsp3) is 0.150. The zero-order chi connectivity index (χ0) is 21.0. The molecular weight excluding hydrogens is 387 g/mol. The summed E-state index contributed by atoms with van der Waals surface area (Å²) < 4.78 is 43.9. The SMILES string of the molecule is COc1cccc(-c2ccc(=O)n(CC(=O)Nc3ccc(C(F)(F)F)cc3)n2)c1. The van der Waals surface area contributed by atoms with Crippen molar-refractivity contribution in [3.05, 3.63) is 76.6 Å². The predicted octanol–water partition coefficient (Wildman–Crippen LogP) is 3.58. The van der Waals surface area contributed by atoms with Gasteiger partial charge in [-0.25, -0.2) is 4.68 Å². The third kappa shape index (κ3) is 5.01. The highest BCUT2D eigenvalue weighted by Gasteiger charge is 2.30. The molecule has 3 rings (SSSR count). The lowest BCUT2D eigenvalue weighted by Gasteiger charge is -2.10. The smallest absolute Gasteiger partial charge is 0.416 e. The van der Waals surface area contributed by atoms with Crippen molar-refractivity contribution in [2.75, 3.05) is 12.4 Å². The van der Waals surface area contributed by atoms with Crippen LogP contribution in [-0.2, 0) is 17.5 Å². The molecule has 1 heterocycles. The van der Waals surface area contributed by atoms with Gasteiger partial charge in [-0.3, -0.25) is 9.59 Å². The van der Waals surface area contributed by atoms with Crippen LogP contribution in [0, 0.1) is 0 Å². The van der Waals surface area contributed by atoms with Crippen LogP contribution in [0.3, 0.4) is 0 Å². The van der Waals surface area contributed by atoms with Gasteiger partial charge < -0.3 is 10.1 Å². The van der Waals surface area contributed by atoms with Crippen LogP contribution in [0.1, 0.15) is 5.56 Å². The topological polar surface area (TPSA) is 73.2 Å². The van der Waals surface area contributed by atoms with Crippen molar-refractivity contribution >= 4 is 11.6 Å². The lowest BCUT2D eigenvalue weighted by molar-refractivity contribution is -0.137. The van der Waals surface area contributed by atoms with E-state index >= 15 is 0 Å². The molecule has 0 saturated heterocycles. The molecule has 9 heteroatoms. The molecule has 1 N–H and O–H groups in total. The molecule has 6 nitrogen and oxygen atoms in total. The number of nitrogens with zero attached hydrogens (tertiary/aromatic N) is 2. The summed E-state index contributed by atoms with van der Waals surface area (Å²) in [5.41, 5.74) is 0.0330. The minimum absolute atomic E-state index is 0.181. The third-order valence-electron chi connectivity index (χ3n) is 4.02. The molecule has 0 aliphatic rings. The molecule has 0 fully saturated rings. The largest absolute Gasteiger partial charge is 0.497 e. The normalized spacial score (nSPS) is 11.2. The Kier molecular flexibility index (Phi) is 5.67. The molecule has 0 atom stereocenters. The molecule has 0 bridgehead atoms. The van der Waals surface area contributed by atoms with Crippen LogP contribution in [0.5, 0.6) is 5.75 Å². The summed E-state index contributed by atoms with van der Waals surface area (Å²) in [5.74, 6) is 0.0178. The second-order valence-electron chi connectivity index (χ2n) is 6.07. The van der Waals surface area contributed by atoms with Gasteiger partial charge in [0, 0.05) is 17.3 Å². The second-order valence-corrected chi connectivity index (χ2v) is 6.07. The van der Waals surface area contributed by atoms with E-state index in [4.69, 9.17) is 4.74 Å². The summed E-state index contributed by atoms with van der Waals surface area (Å²) in [6.07, 6.45) is -4.46. The molecule has 0 radical (unpaired) electrons.